The van der Waals surface area contributed by atoms with Gasteiger partial charge in [-0.1, -0.05) is 0 Å². The number of sulfone groups is 1. The molecule has 1 unspecified atom stereocenters. The lowest BCUT2D eigenvalue weighted by atomic mass is 10.2. The summed E-state index contributed by atoms with van der Waals surface area (Å²) < 4.78 is 49.3. The average Bonchev–Trinajstić information content (AvgIpc) is 2.78. The topological polar surface area (TPSA) is 66.5 Å². The van der Waals surface area contributed by atoms with E-state index >= 15 is 0 Å². The third-order valence-electron chi connectivity index (χ3n) is 3.67. The van der Waals surface area contributed by atoms with Gasteiger partial charge in [0.1, 0.15) is 11.6 Å². The van der Waals surface area contributed by atoms with Gasteiger partial charge < -0.3 is 10.2 Å². The van der Waals surface area contributed by atoms with Crippen LogP contribution in [0, 0.1) is 11.6 Å². The first-order valence-corrected chi connectivity index (χ1v) is 8.83. The van der Waals surface area contributed by atoms with Gasteiger partial charge in [-0.05, 0) is 25.5 Å². The molecule has 2 rings (SSSR count). The van der Waals surface area contributed by atoms with E-state index in [-0.39, 0.29) is 35.7 Å². The Labute approximate surface area is 128 Å². The van der Waals surface area contributed by atoms with Crippen LogP contribution in [0.3, 0.4) is 0 Å². The third-order valence-corrected chi connectivity index (χ3v) is 5.42. The molecule has 1 amide bonds. The second-order valence-corrected chi connectivity index (χ2v) is 7.44. The summed E-state index contributed by atoms with van der Waals surface area (Å²) in [5.74, 6) is -1.73. The minimum Gasteiger partial charge on any atom is -0.374 e. The van der Waals surface area contributed by atoms with Gasteiger partial charge >= 0.3 is 0 Å². The number of carbonyl (C=O) groups excluding carboxylic acids is 1. The largest absolute Gasteiger partial charge is 0.374 e. The fourth-order valence-electron chi connectivity index (χ4n) is 2.56. The maximum Gasteiger partial charge on any atom is 0.242 e. The summed E-state index contributed by atoms with van der Waals surface area (Å²) in [6, 6.07) is 2.71. The first-order chi connectivity index (χ1) is 10.3. The molecule has 1 fully saturated rings. The van der Waals surface area contributed by atoms with Crippen molar-refractivity contribution in [3.05, 3.63) is 29.8 Å². The molecule has 8 heteroatoms. The van der Waals surface area contributed by atoms with E-state index in [4.69, 9.17) is 0 Å². The first kappa shape index (κ1) is 16.7. The van der Waals surface area contributed by atoms with Crippen molar-refractivity contribution >= 4 is 21.4 Å². The van der Waals surface area contributed by atoms with E-state index in [1.54, 1.807) is 6.92 Å². The van der Waals surface area contributed by atoms with Gasteiger partial charge in [0.2, 0.25) is 5.91 Å². The highest BCUT2D eigenvalue weighted by molar-refractivity contribution is 7.91. The summed E-state index contributed by atoms with van der Waals surface area (Å²) in [5, 5.41) is 2.62. The van der Waals surface area contributed by atoms with Crippen LogP contribution in [0.5, 0.6) is 0 Å². The number of likely N-dealkylation sites (N-methyl/N-ethyl adjacent to an activating group) is 1. The van der Waals surface area contributed by atoms with Crippen molar-refractivity contribution in [3.8, 4) is 0 Å². The summed E-state index contributed by atoms with van der Waals surface area (Å²) in [6.45, 7) is 1.97. The molecular weight excluding hydrogens is 314 g/mol. The van der Waals surface area contributed by atoms with Gasteiger partial charge in [-0.2, -0.15) is 0 Å². The van der Waals surface area contributed by atoms with Crippen LogP contribution in [0.4, 0.5) is 14.5 Å². The molecule has 1 aliphatic heterocycles. The summed E-state index contributed by atoms with van der Waals surface area (Å²) in [4.78, 5) is 13.7. The first-order valence-electron chi connectivity index (χ1n) is 7.01. The van der Waals surface area contributed by atoms with Crippen LogP contribution >= 0.6 is 0 Å². The molecule has 1 atom stereocenters. The van der Waals surface area contributed by atoms with E-state index in [0.29, 0.717) is 13.0 Å². The molecule has 0 radical (unpaired) electrons. The minimum atomic E-state index is -3.08. The van der Waals surface area contributed by atoms with Crippen molar-refractivity contribution < 1.29 is 22.0 Å². The van der Waals surface area contributed by atoms with E-state index in [1.165, 1.54) is 11.0 Å². The predicted octanol–water partition coefficient (Wildman–Crippen LogP) is 1.41. The molecule has 1 aromatic rings. The zero-order valence-corrected chi connectivity index (χ0v) is 13.0. The van der Waals surface area contributed by atoms with E-state index in [1.807, 2.05) is 0 Å². The summed E-state index contributed by atoms with van der Waals surface area (Å²) in [5.41, 5.74) is 0.0323. The molecule has 1 aliphatic rings. The standard InChI is InChI=1S/C14H18F2N2O3S/c1-2-18(11-5-6-22(20,21)9-11)14(19)8-17-13-4-3-10(15)7-12(13)16/h3-4,7,11,17H,2,5-6,8-9H2,1H3. The summed E-state index contributed by atoms with van der Waals surface area (Å²) in [7, 11) is -3.08. The van der Waals surface area contributed by atoms with Crippen LogP contribution in [0.25, 0.3) is 0 Å². The maximum atomic E-state index is 13.5. The van der Waals surface area contributed by atoms with Gasteiger partial charge in [0.05, 0.1) is 23.7 Å². The summed E-state index contributed by atoms with van der Waals surface area (Å²) >= 11 is 0. The Balaban J connectivity index is 1.98. The Morgan fingerprint density at radius 3 is 2.68 bits per heavy atom. The van der Waals surface area contributed by atoms with Crippen molar-refractivity contribution in [1.29, 1.82) is 0 Å². The lowest BCUT2D eigenvalue weighted by molar-refractivity contribution is -0.130. The quantitative estimate of drug-likeness (QED) is 0.885. The monoisotopic (exact) mass is 332 g/mol. The number of hydrogen-bond donors (Lipinski definition) is 1. The van der Waals surface area contributed by atoms with Crippen LogP contribution < -0.4 is 5.32 Å². The molecule has 1 aromatic carbocycles. The molecule has 0 aliphatic carbocycles. The van der Waals surface area contributed by atoms with Crippen LogP contribution in [0.1, 0.15) is 13.3 Å². The zero-order chi connectivity index (χ0) is 16.3. The minimum absolute atomic E-state index is 0.0303. The fraction of sp³-hybridized carbons (Fsp3) is 0.500. The number of benzene rings is 1. The van der Waals surface area contributed by atoms with E-state index in [9.17, 15) is 22.0 Å². The Morgan fingerprint density at radius 1 is 1.41 bits per heavy atom. The highest BCUT2D eigenvalue weighted by atomic mass is 32.2. The van der Waals surface area contributed by atoms with Gasteiger partial charge in [-0.25, -0.2) is 17.2 Å². The van der Waals surface area contributed by atoms with Crippen molar-refractivity contribution in [2.45, 2.75) is 19.4 Å². The maximum absolute atomic E-state index is 13.5. The van der Waals surface area contributed by atoms with Crippen LogP contribution in [0.15, 0.2) is 18.2 Å². The fourth-order valence-corrected chi connectivity index (χ4v) is 4.30. The number of nitrogens with one attached hydrogen (secondary N) is 1. The number of rotatable bonds is 5. The van der Waals surface area contributed by atoms with Crippen molar-refractivity contribution in [2.75, 3.05) is 29.9 Å². The smallest absolute Gasteiger partial charge is 0.242 e. The van der Waals surface area contributed by atoms with Crippen molar-refractivity contribution in [3.63, 3.8) is 0 Å². The van der Waals surface area contributed by atoms with Crippen molar-refractivity contribution in [2.24, 2.45) is 0 Å². The second kappa shape index (κ2) is 6.60. The Bertz CT molecular complexity index is 664. The number of carbonyl (C=O) groups is 1. The highest BCUT2D eigenvalue weighted by Gasteiger charge is 2.33. The molecule has 1 saturated heterocycles. The van der Waals surface area contributed by atoms with E-state index in [0.717, 1.165) is 12.1 Å². The lowest BCUT2D eigenvalue weighted by Gasteiger charge is -2.27. The second-order valence-electron chi connectivity index (χ2n) is 5.21. The molecule has 22 heavy (non-hydrogen) atoms. The van der Waals surface area contributed by atoms with Crippen LogP contribution in [-0.4, -0.2) is 49.9 Å². The summed E-state index contributed by atoms with van der Waals surface area (Å²) in [6.07, 6.45) is 0.423. The van der Waals surface area contributed by atoms with Gasteiger partial charge in [0, 0.05) is 18.7 Å². The van der Waals surface area contributed by atoms with Crippen LogP contribution in [0.2, 0.25) is 0 Å². The molecule has 1 heterocycles. The van der Waals surface area contributed by atoms with Gasteiger partial charge in [-0.3, -0.25) is 4.79 Å². The number of amides is 1. The SMILES string of the molecule is CCN(C(=O)CNc1ccc(F)cc1F)C1CCS(=O)(=O)C1. The molecule has 0 bridgehead atoms. The average molecular weight is 332 g/mol. The van der Waals surface area contributed by atoms with E-state index < -0.39 is 21.5 Å². The molecular formula is C14H18F2N2O3S. The predicted molar refractivity (Wildman–Crippen MR) is 79.3 cm³/mol. The Hall–Kier alpha value is -1.70. The third kappa shape index (κ3) is 3.94. The number of halogens is 2. The molecule has 1 N–H and O–H groups in total. The van der Waals surface area contributed by atoms with Gasteiger partial charge in [-0.15, -0.1) is 0 Å². The lowest BCUT2D eigenvalue weighted by Crippen LogP contribution is -2.43. The molecule has 0 aromatic heterocycles. The van der Waals surface area contributed by atoms with E-state index in [2.05, 4.69) is 5.32 Å². The zero-order valence-electron chi connectivity index (χ0n) is 12.2. The highest BCUT2D eigenvalue weighted by Crippen LogP contribution is 2.19. The normalized spacial score (nSPS) is 19.9. The number of hydrogen-bond acceptors (Lipinski definition) is 4. The molecule has 122 valence electrons. The Kier molecular flexibility index (Phi) is 5.00. The molecule has 5 nitrogen and oxygen atoms in total. The molecule has 0 saturated carbocycles. The van der Waals surface area contributed by atoms with Crippen molar-refractivity contribution in [1.82, 2.24) is 4.90 Å². The van der Waals surface area contributed by atoms with Gasteiger partial charge in [0.15, 0.2) is 9.84 Å². The number of anilines is 1. The molecule has 0 spiro atoms. The Morgan fingerprint density at radius 2 is 2.14 bits per heavy atom. The van der Waals surface area contributed by atoms with Crippen LogP contribution in [-0.2, 0) is 14.6 Å². The number of nitrogens with zero attached hydrogens (tertiary/aromatic N) is 1. The van der Waals surface area contributed by atoms with Gasteiger partial charge in [0.25, 0.3) is 0 Å².